The molecular weight excluding hydrogens is 269 g/mol. The second-order valence-electron chi connectivity index (χ2n) is 6.62. The van der Waals surface area contributed by atoms with Gasteiger partial charge in [-0.3, -0.25) is 4.79 Å². The van der Waals surface area contributed by atoms with E-state index >= 15 is 0 Å². The van der Waals surface area contributed by atoms with Gasteiger partial charge in [0.15, 0.2) is 0 Å². The number of nitrogens with two attached hydrogens (primary N) is 1. The molecule has 116 valence electrons. The molecule has 1 amide bonds. The van der Waals surface area contributed by atoms with Crippen molar-refractivity contribution >= 4 is 5.91 Å². The lowest BCUT2D eigenvalue weighted by Crippen LogP contribution is -2.72. The lowest BCUT2D eigenvalue weighted by Gasteiger charge is -2.52. The molecule has 2 unspecified atom stereocenters. The van der Waals surface area contributed by atoms with Gasteiger partial charge in [-0.25, -0.2) is 0 Å². The van der Waals surface area contributed by atoms with Gasteiger partial charge in [-0.2, -0.15) is 13.2 Å². The lowest BCUT2D eigenvalue weighted by atomic mass is 9.75. The first-order valence-electron chi connectivity index (χ1n) is 7.29. The van der Waals surface area contributed by atoms with Gasteiger partial charge in [0.2, 0.25) is 5.91 Å². The molecule has 0 spiro atoms. The van der Waals surface area contributed by atoms with E-state index in [9.17, 15) is 18.0 Å². The molecule has 1 aliphatic heterocycles. The zero-order chi connectivity index (χ0) is 15.1. The highest BCUT2D eigenvalue weighted by atomic mass is 19.4. The van der Waals surface area contributed by atoms with Crippen LogP contribution in [0.25, 0.3) is 0 Å². The molecule has 0 radical (unpaired) electrons. The fourth-order valence-corrected chi connectivity index (χ4v) is 3.24. The van der Waals surface area contributed by atoms with E-state index in [-0.39, 0.29) is 18.2 Å². The molecular formula is C14H23F3N2O. The standard InChI is InChI=1S/C14H23F3N2O/c1-9(2)13(18)7-19(8-13)12(20)10-5-3-4-6-11(10)14(15,16)17/h9-11H,3-8,18H2,1-2H3. The van der Waals surface area contributed by atoms with E-state index in [4.69, 9.17) is 5.73 Å². The molecule has 1 aliphatic carbocycles. The smallest absolute Gasteiger partial charge is 0.339 e. The van der Waals surface area contributed by atoms with E-state index in [1.54, 1.807) is 0 Å². The zero-order valence-corrected chi connectivity index (χ0v) is 12.0. The Morgan fingerprint density at radius 3 is 2.30 bits per heavy atom. The Balaban J connectivity index is 2.02. The van der Waals surface area contributed by atoms with Gasteiger partial charge in [-0.15, -0.1) is 0 Å². The van der Waals surface area contributed by atoms with E-state index in [2.05, 4.69) is 0 Å². The van der Waals surface area contributed by atoms with Crippen LogP contribution >= 0.6 is 0 Å². The van der Waals surface area contributed by atoms with Crippen LogP contribution in [-0.4, -0.2) is 35.6 Å². The molecule has 1 saturated heterocycles. The van der Waals surface area contributed by atoms with Crippen molar-refractivity contribution in [3.63, 3.8) is 0 Å². The van der Waals surface area contributed by atoms with Crippen LogP contribution in [0.1, 0.15) is 39.5 Å². The van der Waals surface area contributed by atoms with Crippen molar-refractivity contribution in [3.8, 4) is 0 Å². The first-order valence-corrected chi connectivity index (χ1v) is 7.29. The summed E-state index contributed by atoms with van der Waals surface area (Å²) in [5, 5.41) is 0. The summed E-state index contributed by atoms with van der Waals surface area (Å²) < 4.78 is 39.1. The van der Waals surface area contributed by atoms with Crippen LogP contribution < -0.4 is 5.73 Å². The van der Waals surface area contributed by atoms with Crippen molar-refractivity contribution in [1.82, 2.24) is 4.90 Å². The summed E-state index contributed by atoms with van der Waals surface area (Å²) in [7, 11) is 0. The van der Waals surface area contributed by atoms with E-state index < -0.39 is 23.6 Å². The van der Waals surface area contributed by atoms with Crippen molar-refractivity contribution in [1.29, 1.82) is 0 Å². The van der Waals surface area contributed by atoms with E-state index in [0.717, 1.165) is 0 Å². The number of alkyl halides is 3. The van der Waals surface area contributed by atoms with Crippen molar-refractivity contribution in [2.45, 2.75) is 51.2 Å². The number of carbonyl (C=O) groups excluding carboxylic acids is 1. The number of amides is 1. The monoisotopic (exact) mass is 292 g/mol. The predicted molar refractivity (Wildman–Crippen MR) is 69.8 cm³/mol. The third-order valence-electron chi connectivity index (χ3n) is 4.94. The molecule has 3 nitrogen and oxygen atoms in total. The molecule has 20 heavy (non-hydrogen) atoms. The number of carbonyl (C=O) groups is 1. The maximum Gasteiger partial charge on any atom is 0.392 e. The van der Waals surface area contributed by atoms with Crippen molar-refractivity contribution < 1.29 is 18.0 Å². The first-order chi connectivity index (χ1) is 9.15. The average Bonchev–Trinajstić information content (AvgIpc) is 2.32. The maximum absolute atomic E-state index is 13.0. The van der Waals surface area contributed by atoms with Crippen LogP contribution in [0, 0.1) is 17.8 Å². The second kappa shape index (κ2) is 5.20. The molecule has 1 saturated carbocycles. The Morgan fingerprint density at radius 2 is 1.80 bits per heavy atom. The minimum atomic E-state index is -4.27. The maximum atomic E-state index is 13.0. The molecule has 2 fully saturated rings. The number of hydrogen-bond acceptors (Lipinski definition) is 2. The number of hydrogen-bond donors (Lipinski definition) is 1. The van der Waals surface area contributed by atoms with E-state index in [1.807, 2.05) is 13.8 Å². The van der Waals surface area contributed by atoms with Crippen LogP contribution in [0.3, 0.4) is 0 Å². The molecule has 2 rings (SSSR count). The Kier molecular flexibility index (Phi) is 4.06. The summed E-state index contributed by atoms with van der Waals surface area (Å²) in [5.41, 5.74) is 5.68. The molecule has 1 heterocycles. The zero-order valence-electron chi connectivity index (χ0n) is 12.0. The molecule has 0 aromatic carbocycles. The third kappa shape index (κ3) is 2.80. The Hall–Kier alpha value is -0.780. The predicted octanol–water partition coefficient (Wildman–Crippen LogP) is 2.55. The SMILES string of the molecule is CC(C)C1(N)CN(C(=O)C2CCCCC2C(F)(F)F)C1. The molecule has 2 N–H and O–H groups in total. The van der Waals surface area contributed by atoms with Crippen molar-refractivity contribution in [2.24, 2.45) is 23.5 Å². The first kappa shape index (κ1) is 15.6. The van der Waals surface area contributed by atoms with Gasteiger partial charge in [0.1, 0.15) is 0 Å². The number of nitrogens with zero attached hydrogens (tertiary/aromatic N) is 1. The summed E-state index contributed by atoms with van der Waals surface area (Å²) in [6.07, 6.45) is -2.59. The van der Waals surface area contributed by atoms with E-state index in [1.165, 1.54) is 4.90 Å². The van der Waals surface area contributed by atoms with Crippen molar-refractivity contribution in [2.75, 3.05) is 13.1 Å². The molecule has 2 atom stereocenters. The highest BCUT2D eigenvalue weighted by molar-refractivity contribution is 5.80. The Bertz CT molecular complexity index is 375. The van der Waals surface area contributed by atoms with Gasteiger partial charge in [-0.05, 0) is 18.8 Å². The largest absolute Gasteiger partial charge is 0.392 e. The second-order valence-corrected chi connectivity index (χ2v) is 6.62. The van der Waals surface area contributed by atoms with Gasteiger partial charge >= 0.3 is 6.18 Å². The van der Waals surface area contributed by atoms with Gasteiger partial charge in [0.05, 0.1) is 11.5 Å². The van der Waals surface area contributed by atoms with Crippen LogP contribution in [-0.2, 0) is 4.79 Å². The number of likely N-dealkylation sites (tertiary alicyclic amines) is 1. The summed E-state index contributed by atoms with van der Waals surface area (Å²) in [6.45, 7) is 4.71. The molecule has 0 bridgehead atoms. The normalized spacial score (nSPS) is 30.2. The van der Waals surface area contributed by atoms with Crippen LogP contribution in [0.4, 0.5) is 13.2 Å². The van der Waals surface area contributed by atoms with Gasteiger partial charge in [0, 0.05) is 19.0 Å². The summed E-state index contributed by atoms with van der Waals surface area (Å²) >= 11 is 0. The quantitative estimate of drug-likeness (QED) is 0.850. The topological polar surface area (TPSA) is 46.3 Å². The molecule has 0 aromatic heterocycles. The third-order valence-corrected chi connectivity index (χ3v) is 4.94. The summed E-state index contributed by atoms with van der Waals surface area (Å²) in [5.74, 6) is -2.51. The molecule has 2 aliphatic rings. The van der Waals surface area contributed by atoms with Gasteiger partial charge in [0.25, 0.3) is 0 Å². The van der Waals surface area contributed by atoms with Crippen LogP contribution in [0.15, 0.2) is 0 Å². The highest BCUT2D eigenvalue weighted by Gasteiger charge is 2.52. The van der Waals surface area contributed by atoms with Gasteiger partial charge in [-0.1, -0.05) is 26.7 Å². The minimum Gasteiger partial charge on any atom is -0.339 e. The van der Waals surface area contributed by atoms with Crippen LogP contribution in [0.5, 0.6) is 0 Å². The lowest BCUT2D eigenvalue weighted by molar-refractivity contribution is -0.203. The number of halogens is 3. The van der Waals surface area contributed by atoms with Gasteiger partial charge < -0.3 is 10.6 Å². The average molecular weight is 292 g/mol. The summed E-state index contributed by atoms with van der Waals surface area (Å²) in [4.78, 5) is 13.8. The number of rotatable bonds is 2. The summed E-state index contributed by atoms with van der Waals surface area (Å²) in [6, 6.07) is 0. The van der Waals surface area contributed by atoms with Crippen LogP contribution in [0.2, 0.25) is 0 Å². The highest BCUT2D eigenvalue weighted by Crippen LogP contribution is 2.43. The van der Waals surface area contributed by atoms with Crippen molar-refractivity contribution in [3.05, 3.63) is 0 Å². The van der Waals surface area contributed by atoms with E-state index in [0.29, 0.717) is 32.4 Å². The molecule has 0 aromatic rings. The Morgan fingerprint density at radius 1 is 1.25 bits per heavy atom. The molecule has 6 heteroatoms. The minimum absolute atomic E-state index is 0.0751. The Labute approximate surface area is 117 Å². The fraction of sp³-hybridized carbons (Fsp3) is 0.929. The fourth-order valence-electron chi connectivity index (χ4n) is 3.24.